The van der Waals surface area contributed by atoms with E-state index in [0.717, 1.165) is 6.07 Å². The highest BCUT2D eigenvalue weighted by Gasteiger charge is 2.36. The molecule has 0 bridgehead atoms. The van der Waals surface area contributed by atoms with E-state index in [9.17, 15) is 18.4 Å². The molecule has 31 heavy (non-hydrogen) atoms. The Labute approximate surface area is 178 Å². The van der Waals surface area contributed by atoms with Crippen LogP contribution >= 0.6 is 0 Å². The SMILES string of the molecule is COc1cccc(N2CC(C(=O)Nc3c(F)cc(F)cc3-c3ccccc3)CC2=O)c1. The molecule has 0 aromatic heterocycles. The van der Waals surface area contributed by atoms with Crippen LogP contribution in [0.25, 0.3) is 11.1 Å². The Balaban J connectivity index is 1.57. The quantitative estimate of drug-likeness (QED) is 0.652. The van der Waals surface area contributed by atoms with Crippen molar-refractivity contribution in [2.75, 3.05) is 23.9 Å². The van der Waals surface area contributed by atoms with Gasteiger partial charge in [0.15, 0.2) is 0 Å². The van der Waals surface area contributed by atoms with E-state index in [1.807, 2.05) is 0 Å². The number of methoxy groups -OCH3 is 1. The third-order valence-electron chi connectivity index (χ3n) is 5.25. The van der Waals surface area contributed by atoms with Crippen LogP contribution in [-0.2, 0) is 9.59 Å². The Kier molecular flexibility index (Phi) is 5.66. The number of ether oxygens (including phenoxy) is 1. The van der Waals surface area contributed by atoms with Crippen LogP contribution in [0.15, 0.2) is 66.7 Å². The number of halogens is 2. The normalized spacial score (nSPS) is 15.8. The van der Waals surface area contributed by atoms with Crippen molar-refractivity contribution in [2.45, 2.75) is 6.42 Å². The first kappa shape index (κ1) is 20.5. The van der Waals surface area contributed by atoms with E-state index in [1.165, 1.54) is 18.1 Å². The van der Waals surface area contributed by atoms with Crippen molar-refractivity contribution in [1.29, 1.82) is 0 Å². The van der Waals surface area contributed by atoms with Gasteiger partial charge in [-0.1, -0.05) is 36.4 Å². The molecule has 0 aliphatic carbocycles. The van der Waals surface area contributed by atoms with Gasteiger partial charge in [0.05, 0.1) is 18.7 Å². The summed E-state index contributed by atoms with van der Waals surface area (Å²) in [5.41, 5.74) is 1.32. The fraction of sp³-hybridized carbons (Fsp3) is 0.167. The van der Waals surface area contributed by atoms with Crippen molar-refractivity contribution in [2.24, 2.45) is 5.92 Å². The molecular weight excluding hydrogens is 402 g/mol. The van der Waals surface area contributed by atoms with Crippen molar-refractivity contribution in [3.63, 3.8) is 0 Å². The highest BCUT2D eigenvalue weighted by atomic mass is 19.1. The van der Waals surface area contributed by atoms with Gasteiger partial charge in [-0.05, 0) is 23.8 Å². The van der Waals surface area contributed by atoms with Crippen molar-refractivity contribution >= 4 is 23.2 Å². The minimum atomic E-state index is -0.874. The Hall–Kier alpha value is -3.74. The maximum absolute atomic E-state index is 14.6. The summed E-state index contributed by atoms with van der Waals surface area (Å²) in [4.78, 5) is 26.9. The number of nitrogens with one attached hydrogen (secondary N) is 1. The highest BCUT2D eigenvalue weighted by Crippen LogP contribution is 2.33. The van der Waals surface area contributed by atoms with Crippen LogP contribution in [0.5, 0.6) is 5.75 Å². The van der Waals surface area contributed by atoms with E-state index < -0.39 is 23.5 Å². The molecule has 3 aromatic carbocycles. The Morgan fingerprint density at radius 3 is 2.58 bits per heavy atom. The lowest BCUT2D eigenvalue weighted by Gasteiger charge is -2.18. The number of hydrogen-bond acceptors (Lipinski definition) is 3. The van der Waals surface area contributed by atoms with E-state index >= 15 is 0 Å². The van der Waals surface area contributed by atoms with Crippen LogP contribution in [0.1, 0.15) is 6.42 Å². The molecule has 158 valence electrons. The second-order valence-corrected chi connectivity index (χ2v) is 7.27. The molecule has 1 aliphatic heterocycles. The summed E-state index contributed by atoms with van der Waals surface area (Å²) < 4.78 is 33.7. The molecule has 1 unspecified atom stereocenters. The second kappa shape index (κ2) is 8.55. The first-order chi connectivity index (χ1) is 15.0. The van der Waals surface area contributed by atoms with Crippen LogP contribution in [0.3, 0.4) is 0 Å². The van der Waals surface area contributed by atoms with Gasteiger partial charge in [0.1, 0.15) is 17.4 Å². The minimum absolute atomic E-state index is 0.00741. The van der Waals surface area contributed by atoms with Gasteiger partial charge < -0.3 is 15.0 Å². The first-order valence-corrected chi connectivity index (χ1v) is 9.76. The maximum Gasteiger partial charge on any atom is 0.229 e. The number of rotatable bonds is 5. The molecule has 0 saturated carbocycles. The fourth-order valence-electron chi connectivity index (χ4n) is 3.68. The van der Waals surface area contributed by atoms with E-state index in [-0.39, 0.29) is 30.1 Å². The number of carbonyl (C=O) groups excluding carboxylic acids is 2. The lowest BCUT2D eigenvalue weighted by Crippen LogP contribution is -2.28. The van der Waals surface area contributed by atoms with Crippen molar-refractivity contribution in [3.05, 3.63) is 78.4 Å². The van der Waals surface area contributed by atoms with Gasteiger partial charge in [0.25, 0.3) is 0 Å². The number of benzene rings is 3. The average Bonchev–Trinajstić information content (AvgIpc) is 3.17. The second-order valence-electron chi connectivity index (χ2n) is 7.27. The number of hydrogen-bond donors (Lipinski definition) is 1. The average molecular weight is 422 g/mol. The molecular formula is C24H20F2N2O3. The van der Waals surface area contributed by atoms with Gasteiger partial charge in [0.2, 0.25) is 11.8 Å². The van der Waals surface area contributed by atoms with Crippen LogP contribution in [0.2, 0.25) is 0 Å². The number of nitrogens with zero attached hydrogens (tertiary/aromatic N) is 1. The zero-order valence-corrected chi connectivity index (χ0v) is 16.8. The Bertz CT molecular complexity index is 1130. The number of carbonyl (C=O) groups is 2. The molecule has 2 amide bonds. The molecule has 0 radical (unpaired) electrons. The molecule has 1 heterocycles. The molecule has 3 aromatic rings. The minimum Gasteiger partial charge on any atom is -0.497 e. The summed E-state index contributed by atoms with van der Waals surface area (Å²) in [6.45, 7) is 0.154. The zero-order chi connectivity index (χ0) is 22.0. The van der Waals surface area contributed by atoms with Gasteiger partial charge >= 0.3 is 0 Å². The van der Waals surface area contributed by atoms with Crippen molar-refractivity contribution in [1.82, 2.24) is 0 Å². The van der Waals surface area contributed by atoms with Gasteiger partial charge in [-0.2, -0.15) is 0 Å². The summed E-state index contributed by atoms with van der Waals surface area (Å²) in [5, 5.41) is 2.58. The summed E-state index contributed by atoms with van der Waals surface area (Å²) in [5.74, 6) is -2.40. The fourth-order valence-corrected chi connectivity index (χ4v) is 3.68. The van der Waals surface area contributed by atoms with Gasteiger partial charge in [-0.25, -0.2) is 8.78 Å². The predicted octanol–water partition coefficient (Wildman–Crippen LogP) is 4.63. The third-order valence-corrected chi connectivity index (χ3v) is 5.25. The van der Waals surface area contributed by atoms with E-state index in [0.29, 0.717) is 17.0 Å². The number of anilines is 2. The molecule has 4 rings (SSSR count). The first-order valence-electron chi connectivity index (χ1n) is 9.76. The van der Waals surface area contributed by atoms with Gasteiger partial charge in [-0.15, -0.1) is 0 Å². The molecule has 5 nitrogen and oxygen atoms in total. The molecule has 1 N–H and O–H groups in total. The lowest BCUT2D eigenvalue weighted by atomic mass is 10.0. The standard InChI is InChI=1S/C24H20F2N2O3/c1-31-19-9-5-8-18(13-19)28-14-16(10-22(28)29)24(30)27-23-20(11-17(25)12-21(23)26)15-6-3-2-4-7-15/h2-9,11-13,16H,10,14H2,1H3,(H,27,30). The van der Waals surface area contributed by atoms with Crippen LogP contribution in [0.4, 0.5) is 20.2 Å². The molecule has 1 atom stereocenters. The van der Waals surface area contributed by atoms with Crippen molar-refractivity contribution < 1.29 is 23.1 Å². The van der Waals surface area contributed by atoms with Gasteiger partial charge in [0, 0.05) is 36.3 Å². The van der Waals surface area contributed by atoms with E-state index in [2.05, 4.69) is 5.32 Å². The smallest absolute Gasteiger partial charge is 0.229 e. The molecule has 1 saturated heterocycles. The summed E-state index contributed by atoms with van der Waals surface area (Å²) in [6.07, 6.45) is -0.00741. The van der Waals surface area contributed by atoms with Crippen LogP contribution < -0.4 is 15.0 Å². The lowest BCUT2D eigenvalue weighted by molar-refractivity contribution is -0.122. The third kappa shape index (κ3) is 4.26. The van der Waals surface area contributed by atoms with Gasteiger partial charge in [-0.3, -0.25) is 9.59 Å². The predicted molar refractivity (Wildman–Crippen MR) is 114 cm³/mol. The van der Waals surface area contributed by atoms with E-state index in [1.54, 1.807) is 54.6 Å². The molecule has 0 spiro atoms. The Morgan fingerprint density at radius 1 is 1.06 bits per heavy atom. The zero-order valence-electron chi connectivity index (χ0n) is 16.8. The van der Waals surface area contributed by atoms with Crippen molar-refractivity contribution in [3.8, 4) is 16.9 Å². The van der Waals surface area contributed by atoms with Crippen LogP contribution in [-0.4, -0.2) is 25.5 Å². The number of amides is 2. The Morgan fingerprint density at radius 2 is 1.84 bits per heavy atom. The van der Waals surface area contributed by atoms with E-state index in [4.69, 9.17) is 4.74 Å². The maximum atomic E-state index is 14.6. The summed E-state index contributed by atoms with van der Waals surface area (Å²) in [6, 6.07) is 17.6. The summed E-state index contributed by atoms with van der Waals surface area (Å²) in [7, 11) is 1.53. The topological polar surface area (TPSA) is 58.6 Å². The highest BCUT2D eigenvalue weighted by molar-refractivity contribution is 6.04. The molecule has 7 heteroatoms. The van der Waals surface area contributed by atoms with Crippen LogP contribution in [0, 0.1) is 17.6 Å². The largest absolute Gasteiger partial charge is 0.497 e. The molecule has 1 aliphatic rings. The monoisotopic (exact) mass is 422 g/mol. The summed E-state index contributed by atoms with van der Waals surface area (Å²) >= 11 is 0. The molecule has 1 fully saturated rings.